The molecule has 274 valence electrons. The first-order chi connectivity index (χ1) is 23.7. The number of hydrogen-bond donors (Lipinski definition) is 1. The summed E-state index contributed by atoms with van der Waals surface area (Å²) >= 11 is 5.97. The van der Waals surface area contributed by atoms with Crippen molar-refractivity contribution >= 4 is 23.6 Å². The van der Waals surface area contributed by atoms with Crippen LogP contribution in [0.4, 0.5) is 35.5 Å². The molecule has 4 heterocycles. The third-order valence-corrected chi connectivity index (χ3v) is 7.67. The molecule has 1 aliphatic rings. The molecule has 4 aromatic rings. The van der Waals surface area contributed by atoms with Gasteiger partial charge in [-0.3, -0.25) is 14.3 Å². The molecule has 0 bridgehead atoms. The van der Waals surface area contributed by atoms with Crippen molar-refractivity contribution in [2.24, 2.45) is 0 Å². The minimum atomic E-state index is -5.17. The van der Waals surface area contributed by atoms with Gasteiger partial charge in [0.1, 0.15) is 42.3 Å². The number of nitrogens with zero attached hydrogens (tertiary/aromatic N) is 8. The van der Waals surface area contributed by atoms with Crippen LogP contribution in [0.1, 0.15) is 38.6 Å². The van der Waals surface area contributed by atoms with Crippen LogP contribution in [0, 0.1) is 0 Å². The largest absolute Gasteiger partial charge is 0.444 e. The number of pyridine rings is 1. The number of carbonyl (C=O) groups excluding carboxylic acids is 2. The maximum Gasteiger partial charge on any atom is 0.420 e. The molecule has 13 nitrogen and oxygen atoms in total. The van der Waals surface area contributed by atoms with E-state index in [2.05, 4.69) is 20.2 Å². The van der Waals surface area contributed by atoms with Gasteiger partial charge in [0.15, 0.2) is 17.5 Å². The lowest BCUT2D eigenvalue weighted by molar-refractivity contribution is -0.165. The molecule has 1 aromatic carbocycles. The van der Waals surface area contributed by atoms with Crippen LogP contribution in [0.25, 0.3) is 17.2 Å². The Morgan fingerprint density at radius 2 is 1.73 bits per heavy atom. The minimum absolute atomic E-state index is 0.136. The lowest BCUT2D eigenvalue weighted by Gasteiger charge is -2.29. The van der Waals surface area contributed by atoms with Crippen LogP contribution in [-0.2, 0) is 28.8 Å². The quantitative estimate of drug-likeness (QED) is 0.254. The Morgan fingerprint density at radius 3 is 2.35 bits per heavy atom. The molecule has 1 fully saturated rings. The van der Waals surface area contributed by atoms with Crippen molar-refractivity contribution < 1.29 is 45.1 Å². The van der Waals surface area contributed by atoms with Crippen LogP contribution in [0.2, 0.25) is 5.02 Å². The molecule has 0 spiro atoms. The summed E-state index contributed by atoms with van der Waals surface area (Å²) in [4.78, 5) is 47.8. The predicted molar refractivity (Wildman–Crippen MR) is 164 cm³/mol. The Morgan fingerprint density at radius 1 is 1.04 bits per heavy atom. The Bertz CT molecular complexity index is 1950. The monoisotopic (exact) mass is 747 g/mol. The van der Waals surface area contributed by atoms with Gasteiger partial charge in [0.2, 0.25) is 5.91 Å². The molecule has 0 aliphatic carbocycles. The van der Waals surface area contributed by atoms with Crippen molar-refractivity contribution in [3.05, 3.63) is 75.8 Å². The van der Waals surface area contributed by atoms with Crippen molar-refractivity contribution in [1.29, 1.82) is 0 Å². The fraction of sp³-hybridized carbons (Fsp3) is 0.433. The Hall–Kier alpha value is -5.01. The number of benzene rings is 1. The molecule has 3 aromatic heterocycles. The number of halogens is 8. The maximum absolute atomic E-state index is 14.5. The van der Waals surface area contributed by atoms with Crippen molar-refractivity contribution in [3.8, 4) is 17.2 Å². The molecule has 0 radical (unpaired) electrons. The van der Waals surface area contributed by atoms with Gasteiger partial charge in [0, 0.05) is 23.2 Å². The molecule has 51 heavy (non-hydrogen) atoms. The highest BCUT2D eigenvalue weighted by molar-refractivity contribution is 6.30. The van der Waals surface area contributed by atoms with Gasteiger partial charge in [0.25, 0.3) is 0 Å². The zero-order chi connectivity index (χ0) is 37.5. The van der Waals surface area contributed by atoms with Crippen molar-refractivity contribution in [3.63, 3.8) is 0 Å². The molecule has 3 atom stereocenters. The topological polar surface area (TPSA) is 142 Å². The molecule has 21 heteroatoms. The van der Waals surface area contributed by atoms with E-state index >= 15 is 0 Å². The number of carbonyl (C=O) groups is 2. The molecular weight excluding hydrogens is 719 g/mol. The van der Waals surface area contributed by atoms with Crippen LogP contribution in [0.15, 0.2) is 53.7 Å². The second kappa shape index (κ2) is 14.0. The van der Waals surface area contributed by atoms with Gasteiger partial charge < -0.3 is 10.1 Å². The van der Waals surface area contributed by atoms with Crippen LogP contribution >= 0.6 is 11.6 Å². The first-order valence-corrected chi connectivity index (χ1v) is 15.5. The standard InChI is InChI=1S/C30H29ClF7N9O4/c1-28(2,3)51-27(50)44-12-18(32)11-20(44)25(48)41-21(30(36,37)38)13-45-23(16-6-8-17(31)9-7-16)43-46(26(45)49)14-22-40-15-47(42-22)24-19(29(33,34)35)5-4-10-39-24/h4-10,15,18,20-21H,11-14H2,1-3H3,(H,41,48)/t18-,20-,21?/m0/s1. The van der Waals surface area contributed by atoms with E-state index < -0.39 is 91.3 Å². The Kier molecular flexibility index (Phi) is 10.2. The summed E-state index contributed by atoms with van der Waals surface area (Å²) in [5.41, 5.74) is -3.16. The van der Waals surface area contributed by atoms with E-state index in [1.54, 1.807) is 5.32 Å². The van der Waals surface area contributed by atoms with Crippen LogP contribution in [0.5, 0.6) is 0 Å². The summed E-state index contributed by atoms with van der Waals surface area (Å²) in [6, 6.07) is 2.99. The number of amides is 2. The van der Waals surface area contributed by atoms with E-state index in [0.29, 0.717) is 14.1 Å². The lowest BCUT2D eigenvalue weighted by Crippen LogP contribution is -2.55. The van der Waals surface area contributed by atoms with Crippen molar-refractivity contribution in [2.45, 2.75) is 76.5 Å². The van der Waals surface area contributed by atoms with E-state index in [1.165, 1.54) is 45.0 Å². The van der Waals surface area contributed by atoms with Gasteiger partial charge in [0.05, 0.1) is 13.1 Å². The van der Waals surface area contributed by atoms with Crippen LogP contribution in [0.3, 0.4) is 0 Å². The van der Waals surface area contributed by atoms with Crippen LogP contribution < -0.4 is 11.0 Å². The third-order valence-electron chi connectivity index (χ3n) is 7.42. The molecule has 5 rings (SSSR count). The third kappa shape index (κ3) is 8.66. The normalized spacial score (nSPS) is 17.4. The van der Waals surface area contributed by atoms with E-state index in [4.69, 9.17) is 16.3 Å². The summed E-state index contributed by atoms with van der Waals surface area (Å²) in [5.74, 6) is -2.49. The van der Waals surface area contributed by atoms with Gasteiger partial charge in [-0.1, -0.05) is 11.6 Å². The number of aromatic nitrogens is 7. The molecule has 1 saturated heterocycles. The highest BCUT2D eigenvalue weighted by Crippen LogP contribution is 2.32. The van der Waals surface area contributed by atoms with Gasteiger partial charge in [-0.25, -0.2) is 33.3 Å². The molecule has 0 saturated carbocycles. The summed E-state index contributed by atoms with van der Waals surface area (Å²) in [5, 5.41) is 10.2. The van der Waals surface area contributed by atoms with Gasteiger partial charge in [-0.15, -0.1) is 10.2 Å². The molecule has 1 N–H and O–H groups in total. The summed E-state index contributed by atoms with van der Waals surface area (Å²) in [7, 11) is 0. The molecule has 2 amide bonds. The second-order valence-electron chi connectivity index (χ2n) is 12.4. The number of alkyl halides is 7. The fourth-order valence-corrected chi connectivity index (χ4v) is 5.29. The average Bonchev–Trinajstić information content (AvgIpc) is 3.74. The summed E-state index contributed by atoms with van der Waals surface area (Å²) in [6.07, 6.45) is -11.3. The number of rotatable bonds is 8. The number of likely N-dealkylation sites (tertiary alicyclic amines) is 1. The predicted octanol–water partition coefficient (Wildman–Crippen LogP) is 4.80. The second-order valence-corrected chi connectivity index (χ2v) is 12.9. The van der Waals surface area contributed by atoms with Crippen LogP contribution in [-0.4, -0.2) is 87.6 Å². The Labute approximate surface area is 289 Å². The van der Waals surface area contributed by atoms with Gasteiger partial charge >= 0.3 is 24.1 Å². The highest BCUT2D eigenvalue weighted by Gasteiger charge is 2.47. The van der Waals surface area contributed by atoms with Crippen molar-refractivity contribution in [2.75, 3.05) is 6.54 Å². The smallest absolute Gasteiger partial charge is 0.420 e. The maximum atomic E-state index is 14.5. The van der Waals surface area contributed by atoms with E-state index in [1.807, 2.05) is 0 Å². The SMILES string of the molecule is CC(C)(C)OC(=O)N1C[C@@H](F)C[C@H]1C(=O)NC(Cn1c(-c2ccc(Cl)cc2)nn(Cc2ncn(-c3ncccc3C(F)(F)F)n2)c1=O)C(F)(F)F. The first kappa shape index (κ1) is 37.3. The minimum Gasteiger partial charge on any atom is -0.444 e. The number of ether oxygens (including phenoxy) is 1. The van der Waals surface area contributed by atoms with Gasteiger partial charge in [-0.2, -0.15) is 26.3 Å². The molecule has 1 unspecified atom stereocenters. The van der Waals surface area contributed by atoms with E-state index in [0.717, 1.165) is 29.3 Å². The lowest BCUT2D eigenvalue weighted by atomic mass is 10.1. The van der Waals surface area contributed by atoms with Gasteiger partial charge in [-0.05, 0) is 57.2 Å². The highest BCUT2D eigenvalue weighted by atomic mass is 35.5. The fourth-order valence-electron chi connectivity index (χ4n) is 5.16. The number of nitrogens with one attached hydrogen (secondary N) is 1. The first-order valence-electron chi connectivity index (χ1n) is 15.1. The van der Waals surface area contributed by atoms with Crippen molar-refractivity contribution in [1.82, 2.24) is 44.3 Å². The molecular formula is C30H29ClF7N9O4. The Balaban J connectivity index is 1.46. The number of hydrogen-bond acceptors (Lipinski definition) is 8. The van der Waals surface area contributed by atoms with E-state index in [-0.39, 0.29) is 22.2 Å². The molecule has 1 aliphatic heterocycles. The summed E-state index contributed by atoms with van der Waals surface area (Å²) in [6.45, 7) is 2.15. The zero-order valence-electron chi connectivity index (χ0n) is 26.9. The zero-order valence-corrected chi connectivity index (χ0v) is 27.7. The summed E-state index contributed by atoms with van der Waals surface area (Å²) < 4.78 is 106. The van der Waals surface area contributed by atoms with E-state index in [9.17, 15) is 45.1 Å². The average molecular weight is 748 g/mol.